The van der Waals surface area contributed by atoms with Crippen molar-refractivity contribution in [3.63, 3.8) is 0 Å². The monoisotopic (exact) mass is 216 g/mol. The van der Waals surface area contributed by atoms with E-state index in [1.807, 2.05) is 16.7 Å². The van der Waals surface area contributed by atoms with Crippen molar-refractivity contribution >= 4 is 5.82 Å². The van der Waals surface area contributed by atoms with Gasteiger partial charge in [-0.05, 0) is 18.6 Å². The third kappa shape index (κ3) is 2.05. The second-order valence-corrected chi connectivity index (χ2v) is 3.77. The SMILES string of the molecule is CCCCn1cnc(-c2cccnc2)c1N. The summed E-state index contributed by atoms with van der Waals surface area (Å²) in [4.78, 5) is 8.41. The average Bonchev–Trinajstić information content (AvgIpc) is 2.69. The number of rotatable bonds is 4. The van der Waals surface area contributed by atoms with E-state index in [-0.39, 0.29) is 0 Å². The van der Waals surface area contributed by atoms with Gasteiger partial charge >= 0.3 is 0 Å². The molecule has 16 heavy (non-hydrogen) atoms. The van der Waals surface area contributed by atoms with Crippen LogP contribution in [0.15, 0.2) is 30.9 Å². The first-order chi connectivity index (χ1) is 7.83. The molecule has 4 nitrogen and oxygen atoms in total. The van der Waals surface area contributed by atoms with Gasteiger partial charge in [0.05, 0.1) is 6.33 Å². The van der Waals surface area contributed by atoms with Crippen molar-refractivity contribution in [1.29, 1.82) is 0 Å². The quantitative estimate of drug-likeness (QED) is 0.853. The fourth-order valence-corrected chi connectivity index (χ4v) is 1.62. The van der Waals surface area contributed by atoms with E-state index in [2.05, 4.69) is 16.9 Å². The molecule has 84 valence electrons. The first-order valence-corrected chi connectivity index (χ1v) is 5.54. The summed E-state index contributed by atoms with van der Waals surface area (Å²) in [6, 6.07) is 3.86. The number of hydrogen-bond donors (Lipinski definition) is 1. The zero-order valence-corrected chi connectivity index (χ0v) is 9.43. The molecule has 2 aromatic rings. The van der Waals surface area contributed by atoms with Crippen LogP contribution in [0.25, 0.3) is 11.3 Å². The number of pyridine rings is 1. The van der Waals surface area contributed by atoms with Crippen molar-refractivity contribution in [2.45, 2.75) is 26.3 Å². The van der Waals surface area contributed by atoms with Crippen LogP contribution in [0.1, 0.15) is 19.8 Å². The van der Waals surface area contributed by atoms with E-state index in [0.717, 1.165) is 36.5 Å². The van der Waals surface area contributed by atoms with Crippen molar-refractivity contribution in [2.75, 3.05) is 5.73 Å². The molecule has 0 fully saturated rings. The summed E-state index contributed by atoms with van der Waals surface area (Å²) in [5.74, 6) is 0.724. The highest BCUT2D eigenvalue weighted by molar-refractivity contribution is 5.69. The Morgan fingerprint density at radius 1 is 1.44 bits per heavy atom. The van der Waals surface area contributed by atoms with Gasteiger partial charge in [-0.1, -0.05) is 13.3 Å². The van der Waals surface area contributed by atoms with Crippen LogP contribution in [-0.2, 0) is 6.54 Å². The Morgan fingerprint density at radius 2 is 2.31 bits per heavy atom. The minimum absolute atomic E-state index is 0.724. The molecular weight excluding hydrogens is 200 g/mol. The second-order valence-electron chi connectivity index (χ2n) is 3.77. The Hall–Kier alpha value is -1.84. The maximum absolute atomic E-state index is 6.05. The summed E-state index contributed by atoms with van der Waals surface area (Å²) < 4.78 is 1.99. The molecule has 0 amide bonds. The van der Waals surface area contributed by atoms with E-state index in [1.165, 1.54) is 0 Å². The molecule has 2 aromatic heterocycles. The Bertz CT molecular complexity index is 447. The summed E-state index contributed by atoms with van der Waals surface area (Å²) in [5, 5.41) is 0. The van der Waals surface area contributed by atoms with Gasteiger partial charge in [0.25, 0.3) is 0 Å². The normalized spacial score (nSPS) is 10.6. The smallest absolute Gasteiger partial charge is 0.131 e. The average molecular weight is 216 g/mol. The van der Waals surface area contributed by atoms with Gasteiger partial charge in [-0.15, -0.1) is 0 Å². The molecule has 0 aliphatic heterocycles. The van der Waals surface area contributed by atoms with Crippen molar-refractivity contribution in [3.05, 3.63) is 30.9 Å². The molecule has 0 bridgehead atoms. The predicted octanol–water partition coefficient (Wildman–Crippen LogP) is 2.33. The molecule has 0 atom stereocenters. The highest BCUT2D eigenvalue weighted by Gasteiger charge is 2.08. The Morgan fingerprint density at radius 3 is 3.00 bits per heavy atom. The van der Waals surface area contributed by atoms with Crippen molar-refractivity contribution < 1.29 is 0 Å². The number of nitrogen functional groups attached to an aromatic ring is 1. The van der Waals surface area contributed by atoms with Crippen LogP contribution in [0, 0.1) is 0 Å². The fraction of sp³-hybridized carbons (Fsp3) is 0.333. The lowest BCUT2D eigenvalue weighted by Crippen LogP contribution is -2.02. The van der Waals surface area contributed by atoms with Gasteiger partial charge in [-0.3, -0.25) is 4.98 Å². The Labute approximate surface area is 95.1 Å². The van der Waals surface area contributed by atoms with E-state index in [1.54, 1.807) is 18.7 Å². The number of imidazole rings is 1. The second kappa shape index (κ2) is 4.79. The summed E-state index contributed by atoms with van der Waals surface area (Å²) in [7, 11) is 0. The van der Waals surface area contributed by atoms with Crippen molar-refractivity contribution in [3.8, 4) is 11.3 Å². The van der Waals surface area contributed by atoms with Gasteiger partial charge in [0.15, 0.2) is 0 Å². The maximum Gasteiger partial charge on any atom is 0.131 e. The zero-order chi connectivity index (χ0) is 11.4. The number of aromatic nitrogens is 3. The number of unbranched alkanes of at least 4 members (excludes halogenated alkanes) is 1. The molecule has 0 saturated carbocycles. The lowest BCUT2D eigenvalue weighted by molar-refractivity contribution is 0.637. The van der Waals surface area contributed by atoms with E-state index in [4.69, 9.17) is 5.73 Å². The molecule has 0 aliphatic rings. The first-order valence-electron chi connectivity index (χ1n) is 5.54. The van der Waals surface area contributed by atoms with Crippen LogP contribution >= 0.6 is 0 Å². The van der Waals surface area contributed by atoms with Gasteiger partial charge in [0.2, 0.25) is 0 Å². The maximum atomic E-state index is 6.05. The molecule has 0 radical (unpaired) electrons. The number of hydrogen-bond acceptors (Lipinski definition) is 3. The number of nitrogens with zero attached hydrogens (tertiary/aromatic N) is 3. The van der Waals surface area contributed by atoms with Gasteiger partial charge in [0, 0.05) is 24.5 Å². The van der Waals surface area contributed by atoms with Gasteiger partial charge in [-0.2, -0.15) is 0 Å². The molecule has 0 spiro atoms. The largest absolute Gasteiger partial charge is 0.383 e. The van der Waals surface area contributed by atoms with Crippen LogP contribution in [0.4, 0.5) is 5.82 Å². The lowest BCUT2D eigenvalue weighted by atomic mass is 10.2. The molecular formula is C12H16N4. The fourth-order valence-electron chi connectivity index (χ4n) is 1.62. The van der Waals surface area contributed by atoms with Gasteiger partial charge in [0.1, 0.15) is 11.5 Å². The zero-order valence-electron chi connectivity index (χ0n) is 9.43. The van der Waals surface area contributed by atoms with Crippen LogP contribution in [0.2, 0.25) is 0 Å². The Balaban J connectivity index is 2.27. The summed E-state index contributed by atoms with van der Waals surface area (Å²) >= 11 is 0. The third-order valence-corrected chi connectivity index (χ3v) is 2.57. The standard InChI is InChI=1S/C12H16N4/c1-2-3-7-16-9-15-11(12(16)13)10-5-4-6-14-8-10/h4-6,8-9H,2-3,7,13H2,1H3. The molecule has 0 aliphatic carbocycles. The van der Waals surface area contributed by atoms with Crippen molar-refractivity contribution in [2.24, 2.45) is 0 Å². The number of aryl methyl sites for hydroxylation is 1. The lowest BCUT2D eigenvalue weighted by Gasteiger charge is -2.04. The van der Waals surface area contributed by atoms with Crippen molar-refractivity contribution in [1.82, 2.24) is 14.5 Å². The van der Waals surface area contributed by atoms with Crippen LogP contribution in [0.5, 0.6) is 0 Å². The first kappa shape index (κ1) is 10.7. The number of anilines is 1. The van der Waals surface area contributed by atoms with E-state index in [0.29, 0.717) is 0 Å². The molecule has 0 saturated heterocycles. The van der Waals surface area contributed by atoms with Crippen LogP contribution in [-0.4, -0.2) is 14.5 Å². The molecule has 0 aromatic carbocycles. The molecule has 2 heterocycles. The summed E-state index contributed by atoms with van der Waals surface area (Å²) in [5.41, 5.74) is 7.84. The van der Waals surface area contributed by atoms with Crippen LogP contribution < -0.4 is 5.73 Å². The highest BCUT2D eigenvalue weighted by Crippen LogP contribution is 2.23. The minimum atomic E-state index is 0.724. The molecule has 2 rings (SSSR count). The highest BCUT2D eigenvalue weighted by atomic mass is 15.1. The summed E-state index contributed by atoms with van der Waals surface area (Å²) in [6.45, 7) is 3.09. The molecule has 4 heteroatoms. The molecule has 0 unspecified atom stereocenters. The Kier molecular flexibility index (Phi) is 3.19. The number of nitrogens with two attached hydrogens (primary N) is 1. The van der Waals surface area contributed by atoms with Gasteiger partial charge in [-0.25, -0.2) is 4.98 Å². The predicted molar refractivity (Wildman–Crippen MR) is 64.8 cm³/mol. The third-order valence-electron chi connectivity index (χ3n) is 2.57. The van der Waals surface area contributed by atoms with E-state index < -0.39 is 0 Å². The molecule has 2 N–H and O–H groups in total. The topological polar surface area (TPSA) is 56.7 Å². The minimum Gasteiger partial charge on any atom is -0.383 e. The van der Waals surface area contributed by atoms with Crippen LogP contribution in [0.3, 0.4) is 0 Å². The summed E-state index contributed by atoms with van der Waals surface area (Å²) in [6.07, 6.45) is 7.59. The van der Waals surface area contributed by atoms with E-state index in [9.17, 15) is 0 Å². The van der Waals surface area contributed by atoms with Gasteiger partial charge < -0.3 is 10.3 Å². The van der Waals surface area contributed by atoms with E-state index >= 15 is 0 Å².